The minimum absolute atomic E-state index is 0.146. The highest BCUT2D eigenvalue weighted by atomic mass is 32.2. The van der Waals surface area contributed by atoms with Crippen LogP contribution in [0.2, 0.25) is 0 Å². The number of thioether (sulfide) groups is 1. The highest BCUT2D eigenvalue weighted by Crippen LogP contribution is 2.38. The summed E-state index contributed by atoms with van der Waals surface area (Å²) in [4.78, 5) is 14.1. The maximum absolute atomic E-state index is 12.1. The molecular formula is C10H17NO2S. The summed E-state index contributed by atoms with van der Waals surface area (Å²) in [5.74, 6) is 1.25. The summed E-state index contributed by atoms with van der Waals surface area (Å²) < 4.78 is 5.22. The van der Waals surface area contributed by atoms with Crippen LogP contribution in [-0.4, -0.2) is 47.1 Å². The first-order valence-electron chi connectivity index (χ1n) is 5.02. The van der Waals surface area contributed by atoms with E-state index >= 15 is 0 Å². The molecule has 3 nitrogen and oxygen atoms in total. The number of methoxy groups -OCH3 is 1. The van der Waals surface area contributed by atoms with Crippen LogP contribution in [0.25, 0.3) is 0 Å². The molecule has 2 aliphatic heterocycles. The van der Waals surface area contributed by atoms with Crippen molar-refractivity contribution >= 4 is 17.7 Å². The van der Waals surface area contributed by atoms with Gasteiger partial charge in [0.05, 0.1) is 0 Å². The van der Waals surface area contributed by atoms with Crippen molar-refractivity contribution in [2.24, 2.45) is 0 Å². The molecule has 0 aromatic heterocycles. The summed E-state index contributed by atoms with van der Waals surface area (Å²) in [5, 5.41) is 0.677. The maximum atomic E-state index is 12.1. The SMILES string of the molecule is COC(C)(C)C(=O)N1CC2CC1CS2. The Morgan fingerprint density at radius 1 is 1.57 bits per heavy atom. The number of carbonyl (C=O) groups is 1. The van der Waals surface area contributed by atoms with E-state index in [4.69, 9.17) is 4.74 Å². The number of nitrogens with zero attached hydrogens (tertiary/aromatic N) is 1. The van der Waals surface area contributed by atoms with Crippen LogP contribution in [0.3, 0.4) is 0 Å². The van der Waals surface area contributed by atoms with Crippen LogP contribution in [0, 0.1) is 0 Å². The smallest absolute Gasteiger partial charge is 0.254 e. The van der Waals surface area contributed by atoms with Crippen molar-refractivity contribution < 1.29 is 9.53 Å². The average molecular weight is 215 g/mol. The fourth-order valence-corrected chi connectivity index (χ4v) is 3.52. The zero-order valence-corrected chi connectivity index (χ0v) is 9.76. The lowest BCUT2D eigenvalue weighted by Crippen LogP contribution is -2.50. The molecule has 2 atom stereocenters. The van der Waals surface area contributed by atoms with E-state index in [1.54, 1.807) is 7.11 Å². The molecule has 14 heavy (non-hydrogen) atoms. The predicted octanol–water partition coefficient (Wildman–Crippen LogP) is 1.13. The van der Waals surface area contributed by atoms with Crippen LogP contribution in [0.5, 0.6) is 0 Å². The Bertz CT molecular complexity index is 255. The van der Waals surface area contributed by atoms with E-state index in [0.29, 0.717) is 11.3 Å². The minimum atomic E-state index is -0.658. The number of hydrogen-bond donors (Lipinski definition) is 0. The molecule has 2 aliphatic rings. The summed E-state index contributed by atoms with van der Waals surface area (Å²) in [6, 6.07) is 0.465. The van der Waals surface area contributed by atoms with E-state index in [1.807, 2.05) is 30.5 Å². The number of rotatable bonds is 2. The van der Waals surface area contributed by atoms with Crippen molar-refractivity contribution in [2.75, 3.05) is 19.4 Å². The molecule has 0 N–H and O–H groups in total. The number of amides is 1. The summed E-state index contributed by atoms with van der Waals surface area (Å²) in [6.07, 6.45) is 1.18. The molecule has 0 saturated carbocycles. The van der Waals surface area contributed by atoms with Gasteiger partial charge in [0.1, 0.15) is 5.60 Å². The molecule has 4 heteroatoms. The van der Waals surface area contributed by atoms with E-state index in [2.05, 4.69) is 0 Å². The van der Waals surface area contributed by atoms with Crippen LogP contribution in [0.15, 0.2) is 0 Å². The van der Waals surface area contributed by atoms with E-state index in [1.165, 1.54) is 6.42 Å². The fourth-order valence-electron chi connectivity index (χ4n) is 2.08. The fraction of sp³-hybridized carbons (Fsp3) is 0.900. The van der Waals surface area contributed by atoms with Gasteiger partial charge in [-0.05, 0) is 20.3 Å². The lowest BCUT2D eigenvalue weighted by atomic mass is 10.1. The second-order valence-electron chi connectivity index (χ2n) is 4.52. The van der Waals surface area contributed by atoms with E-state index < -0.39 is 5.60 Å². The minimum Gasteiger partial charge on any atom is -0.369 e. The third-order valence-corrected chi connectivity index (χ3v) is 4.58. The van der Waals surface area contributed by atoms with Crippen molar-refractivity contribution in [3.63, 3.8) is 0 Å². The standard InChI is InChI=1S/C10H17NO2S/c1-10(2,13-3)9(12)11-5-8-4-7(11)6-14-8/h7-8H,4-6H2,1-3H3. The highest BCUT2D eigenvalue weighted by Gasteiger charge is 2.45. The number of hydrogen-bond acceptors (Lipinski definition) is 3. The summed E-state index contributed by atoms with van der Waals surface area (Å²) in [7, 11) is 1.60. The molecule has 1 amide bonds. The molecule has 2 bridgehead atoms. The maximum Gasteiger partial charge on any atom is 0.254 e. The third-order valence-electron chi connectivity index (χ3n) is 3.19. The first-order chi connectivity index (χ1) is 6.54. The van der Waals surface area contributed by atoms with Crippen molar-refractivity contribution in [1.29, 1.82) is 0 Å². The van der Waals surface area contributed by atoms with E-state index in [-0.39, 0.29) is 5.91 Å². The summed E-state index contributed by atoms with van der Waals surface area (Å²) in [5.41, 5.74) is -0.658. The van der Waals surface area contributed by atoms with Crippen LogP contribution in [0.4, 0.5) is 0 Å². The van der Waals surface area contributed by atoms with Gasteiger partial charge in [0, 0.05) is 30.7 Å². The van der Waals surface area contributed by atoms with Crippen molar-refractivity contribution in [1.82, 2.24) is 4.90 Å². The van der Waals surface area contributed by atoms with Crippen molar-refractivity contribution in [3.8, 4) is 0 Å². The van der Waals surface area contributed by atoms with Gasteiger partial charge in [-0.1, -0.05) is 0 Å². The molecule has 2 rings (SSSR count). The number of likely N-dealkylation sites (tertiary alicyclic amines) is 1. The molecule has 2 fully saturated rings. The molecule has 0 aliphatic carbocycles. The Labute approximate surface area is 89.2 Å². The second-order valence-corrected chi connectivity index (χ2v) is 5.85. The van der Waals surface area contributed by atoms with Gasteiger partial charge in [0.2, 0.25) is 0 Å². The molecule has 0 aromatic carbocycles. The Hall–Kier alpha value is -0.220. The molecule has 0 radical (unpaired) electrons. The lowest BCUT2D eigenvalue weighted by Gasteiger charge is -2.33. The van der Waals surface area contributed by atoms with Crippen LogP contribution in [-0.2, 0) is 9.53 Å². The van der Waals surface area contributed by atoms with Gasteiger partial charge in [0.15, 0.2) is 0 Å². The molecule has 80 valence electrons. The largest absolute Gasteiger partial charge is 0.369 e. The average Bonchev–Trinajstić information content (AvgIpc) is 2.77. The summed E-state index contributed by atoms with van der Waals surface area (Å²) >= 11 is 2.00. The van der Waals surface area contributed by atoms with Gasteiger partial charge >= 0.3 is 0 Å². The van der Waals surface area contributed by atoms with Crippen molar-refractivity contribution in [2.45, 2.75) is 37.2 Å². The van der Waals surface area contributed by atoms with Crippen LogP contribution in [0.1, 0.15) is 20.3 Å². The number of ether oxygens (including phenoxy) is 1. The first-order valence-corrected chi connectivity index (χ1v) is 6.07. The summed E-state index contributed by atoms with van der Waals surface area (Å²) in [6.45, 7) is 4.60. The molecular weight excluding hydrogens is 198 g/mol. The number of fused-ring (bicyclic) bond motifs is 2. The van der Waals surface area contributed by atoms with Crippen molar-refractivity contribution in [3.05, 3.63) is 0 Å². The number of carbonyl (C=O) groups excluding carboxylic acids is 1. The molecule has 2 heterocycles. The molecule has 0 aromatic rings. The van der Waals surface area contributed by atoms with E-state index in [0.717, 1.165) is 12.3 Å². The zero-order valence-electron chi connectivity index (χ0n) is 8.95. The zero-order chi connectivity index (χ0) is 10.3. The van der Waals surface area contributed by atoms with Gasteiger partial charge in [-0.15, -0.1) is 0 Å². The third kappa shape index (κ3) is 1.54. The van der Waals surface area contributed by atoms with Gasteiger partial charge in [0.25, 0.3) is 5.91 Å². The Kier molecular flexibility index (Phi) is 2.52. The Morgan fingerprint density at radius 3 is 2.71 bits per heavy atom. The quantitative estimate of drug-likeness (QED) is 0.691. The van der Waals surface area contributed by atoms with Gasteiger partial charge in [-0.2, -0.15) is 11.8 Å². The lowest BCUT2D eigenvalue weighted by molar-refractivity contribution is -0.151. The highest BCUT2D eigenvalue weighted by molar-refractivity contribution is 8.00. The normalized spacial score (nSPS) is 31.2. The van der Waals surface area contributed by atoms with Crippen LogP contribution < -0.4 is 0 Å². The second kappa shape index (κ2) is 3.42. The van der Waals surface area contributed by atoms with Gasteiger partial charge < -0.3 is 9.64 Å². The molecule has 2 saturated heterocycles. The van der Waals surface area contributed by atoms with Gasteiger partial charge in [-0.25, -0.2) is 0 Å². The van der Waals surface area contributed by atoms with Gasteiger partial charge in [-0.3, -0.25) is 4.79 Å². The topological polar surface area (TPSA) is 29.5 Å². The predicted molar refractivity (Wildman–Crippen MR) is 57.5 cm³/mol. The molecule has 2 unspecified atom stereocenters. The molecule has 0 spiro atoms. The monoisotopic (exact) mass is 215 g/mol. The van der Waals surface area contributed by atoms with E-state index in [9.17, 15) is 4.79 Å². The first kappa shape index (κ1) is 10.3. The van der Waals surface area contributed by atoms with Crippen LogP contribution >= 0.6 is 11.8 Å². The Balaban J connectivity index is 2.06. The Morgan fingerprint density at radius 2 is 2.29 bits per heavy atom.